The highest BCUT2D eigenvalue weighted by atomic mass is 19.4. The fourth-order valence-electron chi connectivity index (χ4n) is 5.07. The Morgan fingerprint density at radius 2 is 1.65 bits per heavy atom. The van der Waals surface area contributed by atoms with Crippen LogP contribution in [0.15, 0.2) is 48.5 Å². The number of rotatable bonds is 9. The van der Waals surface area contributed by atoms with Gasteiger partial charge < -0.3 is 20.3 Å². The number of amides is 2. The predicted molar refractivity (Wildman–Crippen MR) is 135 cm³/mol. The molecule has 1 aliphatic heterocycles. The number of carbonyl (C=O) groups excluding carboxylic acids is 2. The van der Waals surface area contributed by atoms with Crippen LogP contribution in [0.5, 0.6) is 5.75 Å². The molecule has 0 radical (unpaired) electrons. The Balaban J connectivity index is 1.25. The fraction of sp³-hybridized carbons (Fsp3) is 0.500. The first-order valence-electron chi connectivity index (χ1n) is 12.8. The van der Waals surface area contributed by atoms with E-state index in [1.54, 1.807) is 0 Å². The molecular formula is C28H34F3N3O3. The molecule has 0 bridgehead atoms. The van der Waals surface area contributed by atoms with Crippen molar-refractivity contribution in [3.8, 4) is 5.75 Å². The smallest absolute Gasteiger partial charge is 0.406 e. The highest BCUT2D eigenvalue weighted by molar-refractivity contribution is 5.90. The zero-order valence-corrected chi connectivity index (χ0v) is 21.1. The minimum absolute atomic E-state index is 0.115. The molecule has 9 heteroatoms. The molecule has 0 spiro atoms. The summed E-state index contributed by atoms with van der Waals surface area (Å²) in [6.07, 6.45) is 1.42. The van der Waals surface area contributed by atoms with Gasteiger partial charge in [-0.25, -0.2) is 0 Å². The van der Waals surface area contributed by atoms with Gasteiger partial charge in [0.15, 0.2) is 0 Å². The van der Waals surface area contributed by atoms with Gasteiger partial charge in [-0.05, 0) is 100.0 Å². The first kappa shape index (κ1) is 27.0. The van der Waals surface area contributed by atoms with Gasteiger partial charge in [0.2, 0.25) is 11.8 Å². The lowest BCUT2D eigenvalue weighted by Crippen LogP contribution is -2.51. The lowest BCUT2D eigenvalue weighted by Gasteiger charge is -2.43. The molecule has 4 rings (SSSR count). The summed E-state index contributed by atoms with van der Waals surface area (Å²) in [6, 6.07) is 13.1. The highest BCUT2D eigenvalue weighted by Gasteiger charge is 2.40. The second kappa shape index (κ2) is 11.5. The maximum atomic E-state index is 12.8. The molecule has 0 unspecified atom stereocenters. The largest absolute Gasteiger partial charge is 0.573 e. The summed E-state index contributed by atoms with van der Waals surface area (Å²) < 4.78 is 40.7. The van der Waals surface area contributed by atoms with Crippen molar-refractivity contribution < 1.29 is 27.5 Å². The number of nitrogens with zero attached hydrogens (tertiary/aromatic N) is 1. The number of alkyl halides is 3. The number of hydrogen-bond donors (Lipinski definition) is 2. The van der Waals surface area contributed by atoms with Gasteiger partial charge in [0.25, 0.3) is 0 Å². The molecular weight excluding hydrogens is 483 g/mol. The molecule has 1 heterocycles. The van der Waals surface area contributed by atoms with Crippen LogP contribution in [0.25, 0.3) is 0 Å². The number of hydrogen-bond acceptors (Lipinski definition) is 4. The molecule has 2 fully saturated rings. The van der Waals surface area contributed by atoms with Crippen molar-refractivity contribution in [1.82, 2.24) is 10.2 Å². The second-order valence-corrected chi connectivity index (χ2v) is 10.3. The number of anilines is 1. The summed E-state index contributed by atoms with van der Waals surface area (Å²) >= 11 is 0. The Morgan fingerprint density at radius 3 is 2.22 bits per heavy atom. The van der Waals surface area contributed by atoms with Crippen LogP contribution in [0, 0.1) is 5.92 Å². The van der Waals surface area contributed by atoms with Crippen molar-refractivity contribution in [2.75, 3.05) is 25.5 Å². The van der Waals surface area contributed by atoms with Crippen molar-refractivity contribution in [2.45, 2.75) is 63.3 Å². The normalized spacial score (nSPS) is 18.1. The number of piperidine rings is 1. The van der Waals surface area contributed by atoms with Crippen LogP contribution in [0.1, 0.15) is 56.1 Å². The Hall–Kier alpha value is -3.07. The number of aryl methyl sites for hydroxylation is 1. The topological polar surface area (TPSA) is 70.7 Å². The van der Waals surface area contributed by atoms with Crippen molar-refractivity contribution in [2.24, 2.45) is 5.92 Å². The van der Waals surface area contributed by atoms with Crippen LogP contribution in [0.2, 0.25) is 0 Å². The van der Waals surface area contributed by atoms with Crippen LogP contribution in [-0.2, 0) is 21.5 Å². The number of halogens is 3. The van der Waals surface area contributed by atoms with E-state index in [0.717, 1.165) is 56.3 Å². The van der Waals surface area contributed by atoms with Gasteiger partial charge in [-0.1, -0.05) is 24.3 Å². The summed E-state index contributed by atoms with van der Waals surface area (Å²) in [6.45, 7) is 2.08. The van der Waals surface area contributed by atoms with Gasteiger partial charge in [0.05, 0.1) is 5.54 Å². The highest BCUT2D eigenvalue weighted by Crippen LogP contribution is 2.42. The lowest BCUT2D eigenvalue weighted by atomic mass is 9.71. The van der Waals surface area contributed by atoms with E-state index in [1.807, 2.05) is 24.3 Å². The summed E-state index contributed by atoms with van der Waals surface area (Å²) in [4.78, 5) is 27.5. The maximum absolute atomic E-state index is 12.8. The maximum Gasteiger partial charge on any atom is 0.573 e. The minimum Gasteiger partial charge on any atom is -0.406 e. The van der Waals surface area contributed by atoms with E-state index in [4.69, 9.17) is 0 Å². The van der Waals surface area contributed by atoms with E-state index in [1.165, 1.54) is 24.3 Å². The zero-order chi connectivity index (χ0) is 26.5. The van der Waals surface area contributed by atoms with Crippen LogP contribution in [-0.4, -0.2) is 43.2 Å². The second-order valence-electron chi connectivity index (χ2n) is 10.3. The lowest BCUT2D eigenvalue weighted by molar-refractivity contribution is -0.274. The molecule has 1 saturated heterocycles. The molecule has 2 aromatic carbocycles. The van der Waals surface area contributed by atoms with Gasteiger partial charge in [0.1, 0.15) is 5.75 Å². The molecule has 2 aliphatic rings. The summed E-state index contributed by atoms with van der Waals surface area (Å²) in [7, 11) is 2.12. The van der Waals surface area contributed by atoms with E-state index in [9.17, 15) is 22.8 Å². The van der Waals surface area contributed by atoms with Gasteiger partial charge in [-0.3, -0.25) is 9.59 Å². The summed E-state index contributed by atoms with van der Waals surface area (Å²) in [5.74, 6) is 0.0814. The monoisotopic (exact) mass is 517 g/mol. The standard InChI is InChI=1S/C28H34F3N3O3/c1-34-17-13-21(14-18-34)19-26(36)33-27(15-2-16-27)22-6-8-23(9-7-22)32-25(35)12-5-20-3-10-24(11-4-20)37-28(29,30)31/h3-4,6-11,21H,2,5,12-19H2,1H3,(H,32,35)(H,33,36). The molecule has 0 aromatic heterocycles. The third-order valence-corrected chi connectivity index (χ3v) is 7.42. The molecule has 1 saturated carbocycles. The molecule has 2 aromatic rings. The van der Waals surface area contributed by atoms with Gasteiger partial charge in [0, 0.05) is 18.5 Å². The Labute approximate surface area is 215 Å². The number of carbonyl (C=O) groups is 2. The van der Waals surface area contributed by atoms with E-state index < -0.39 is 6.36 Å². The first-order valence-corrected chi connectivity index (χ1v) is 12.8. The van der Waals surface area contributed by atoms with Crippen LogP contribution in [0.4, 0.5) is 18.9 Å². The Kier molecular flexibility index (Phi) is 8.42. The van der Waals surface area contributed by atoms with E-state index in [2.05, 4.69) is 27.3 Å². The number of likely N-dealkylation sites (tertiary alicyclic amines) is 1. The van der Waals surface area contributed by atoms with Crippen LogP contribution < -0.4 is 15.4 Å². The number of nitrogens with one attached hydrogen (secondary N) is 2. The van der Waals surface area contributed by atoms with Crippen molar-refractivity contribution >= 4 is 17.5 Å². The Morgan fingerprint density at radius 1 is 1.00 bits per heavy atom. The number of ether oxygens (including phenoxy) is 1. The average Bonchev–Trinajstić information content (AvgIpc) is 2.82. The average molecular weight is 518 g/mol. The third kappa shape index (κ3) is 7.71. The van der Waals surface area contributed by atoms with E-state index in [-0.39, 0.29) is 29.5 Å². The van der Waals surface area contributed by atoms with Gasteiger partial charge in [-0.2, -0.15) is 0 Å². The van der Waals surface area contributed by atoms with Gasteiger partial charge in [-0.15, -0.1) is 13.2 Å². The molecule has 2 N–H and O–H groups in total. The third-order valence-electron chi connectivity index (χ3n) is 7.42. The van der Waals surface area contributed by atoms with Crippen LogP contribution in [0.3, 0.4) is 0 Å². The number of benzene rings is 2. The Bertz CT molecular complexity index is 1060. The van der Waals surface area contributed by atoms with Gasteiger partial charge >= 0.3 is 6.36 Å². The summed E-state index contributed by atoms with van der Waals surface area (Å²) in [5, 5.41) is 6.17. The fourth-order valence-corrected chi connectivity index (χ4v) is 5.07. The SMILES string of the molecule is CN1CCC(CC(=O)NC2(c3ccc(NC(=O)CCc4ccc(OC(F)(F)F)cc4)cc3)CCC2)CC1. The quantitative estimate of drug-likeness (QED) is 0.468. The van der Waals surface area contributed by atoms with E-state index in [0.29, 0.717) is 24.4 Å². The van der Waals surface area contributed by atoms with Crippen LogP contribution >= 0.6 is 0 Å². The zero-order valence-electron chi connectivity index (χ0n) is 21.1. The molecule has 37 heavy (non-hydrogen) atoms. The predicted octanol–water partition coefficient (Wildman–Crippen LogP) is 5.38. The molecule has 200 valence electrons. The van der Waals surface area contributed by atoms with E-state index >= 15 is 0 Å². The summed E-state index contributed by atoms with van der Waals surface area (Å²) in [5.41, 5.74) is 2.12. The van der Waals surface area contributed by atoms with Crippen molar-refractivity contribution in [3.05, 3.63) is 59.7 Å². The molecule has 2 amide bonds. The minimum atomic E-state index is -4.73. The van der Waals surface area contributed by atoms with Crippen molar-refractivity contribution in [1.29, 1.82) is 0 Å². The molecule has 6 nitrogen and oxygen atoms in total. The first-order chi connectivity index (χ1) is 17.6. The molecule has 1 aliphatic carbocycles. The van der Waals surface area contributed by atoms with Crippen molar-refractivity contribution in [3.63, 3.8) is 0 Å². The molecule has 0 atom stereocenters.